The molecule has 0 radical (unpaired) electrons. The van der Waals surface area contributed by atoms with E-state index in [0.717, 1.165) is 24.3 Å². The molecular weight excluding hydrogens is 346 g/mol. The van der Waals surface area contributed by atoms with Crippen molar-refractivity contribution in [3.8, 4) is 11.4 Å². The van der Waals surface area contributed by atoms with Gasteiger partial charge in [0.05, 0.1) is 5.56 Å². The third kappa shape index (κ3) is 3.59. The molecule has 2 aliphatic heterocycles. The molecule has 2 saturated heterocycles. The number of benzene rings is 1. The van der Waals surface area contributed by atoms with Gasteiger partial charge in [0.25, 0.3) is 0 Å². The highest BCUT2D eigenvalue weighted by molar-refractivity contribution is 7.09. The lowest BCUT2D eigenvalue weighted by molar-refractivity contribution is 0.100. The molecule has 2 aromatic rings. The second kappa shape index (κ2) is 7.72. The number of nitrogens with zero attached hydrogens (tertiary/aromatic N) is 4. The number of carbonyl (C=O) groups excluding carboxylic acids is 1. The van der Waals surface area contributed by atoms with Gasteiger partial charge in [-0.3, -0.25) is 4.79 Å². The molecule has 0 atom stereocenters. The number of piperidine rings is 2. The van der Waals surface area contributed by atoms with Crippen LogP contribution < -0.4 is 10.6 Å². The number of hydrogen-bond acceptors (Lipinski definition) is 6. The van der Waals surface area contributed by atoms with Crippen LogP contribution in [0.25, 0.3) is 11.4 Å². The van der Waals surface area contributed by atoms with Gasteiger partial charge in [0.15, 0.2) is 5.82 Å². The second-order valence-electron chi connectivity index (χ2n) is 7.13. The van der Waals surface area contributed by atoms with Crippen molar-refractivity contribution in [2.45, 2.75) is 38.1 Å². The van der Waals surface area contributed by atoms with Gasteiger partial charge in [-0.15, -0.1) is 0 Å². The SMILES string of the molecule is NC(=O)c1ccccc1-c1nsc(N2CCC(N3CCCCC3)CC2)n1. The van der Waals surface area contributed by atoms with Crippen LogP contribution in [0.3, 0.4) is 0 Å². The molecule has 0 spiro atoms. The van der Waals surface area contributed by atoms with Crippen LogP contribution in [0.2, 0.25) is 0 Å². The molecule has 0 aliphatic carbocycles. The molecule has 0 bridgehead atoms. The first-order valence-electron chi connectivity index (χ1n) is 9.44. The molecule has 26 heavy (non-hydrogen) atoms. The highest BCUT2D eigenvalue weighted by Gasteiger charge is 2.27. The Morgan fingerprint density at radius 1 is 1.08 bits per heavy atom. The summed E-state index contributed by atoms with van der Waals surface area (Å²) in [6.45, 7) is 4.57. The Bertz CT molecular complexity index is 763. The quantitative estimate of drug-likeness (QED) is 0.894. The molecule has 2 fully saturated rings. The van der Waals surface area contributed by atoms with E-state index < -0.39 is 5.91 Å². The smallest absolute Gasteiger partial charge is 0.249 e. The van der Waals surface area contributed by atoms with Crippen LogP contribution >= 0.6 is 11.5 Å². The van der Waals surface area contributed by atoms with Crippen molar-refractivity contribution in [3.63, 3.8) is 0 Å². The summed E-state index contributed by atoms with van der Waals surface area (Å²) < 4.78 is 4.48. The third-order valence-electron chi connectivity index (χ3n) is 5.49. The zero-order chi connectivity index (χ0) is 17.9. The van der Waals surface area contributed by atoms with Crippen molar-refractivity contribution < 1.29 is 4.79 Å². The van der Waals surface area contributed by atoms with Crippen LogP contribution in [0.5, 0.6) is 0 Å². The maximum absolute atomic E-state index is 11.6. The Morgan fingerprint density at radius 3 is 2.54 bits per heavy atom. The minimum absolute atomic E-state index is 0.445. The average molecular weight is 372 g/mol. The van der Waals surface area contributed by atoms with Gasteiger partial charge in [0.1, 0.15) is 0 Å². The number of amides is 1. The Morgan fingerprint density at radius 2 is 1.81 bits per heavy atom. The molecule has 2 aliphatic rings. The molecule has 1 aromatic heterocycles. The van der Waals surface area contributed by atoms with Crippen LogP contribution in [0.1, 0.15) is 42.5 Å². The van der Waals surface area contributed by atoms with Gasteiger partial charge in [-0.25, -0.2) is 0 Å². The zero-order valence-electron chi connectivity index (χ0n) is 14.9. The molecule has 6 nitrogen and oxygen atoms in total. The molecule has 1 aromatic carbocycles. The van der Waals surface area contributed by atoms with Crippen molar-refractivity contribution in [2.24, 2.45) is 5.73 Å². The summed E-state index contributed by atoms with van der Waals surface area (Å²) in [4.78, 5) is 21.3. The molecule has 138 valence electrons. The monoisotopic (exact) mass is 371 g/mol. The predicted octanol–water partition coefficient (Wildman–Crippen LogP) is 2.76. The lowest BCUT2D eigenvalue weighted by Crippen LogP contribution is -2.46. The summed E-state index contributed by atoms with van der Waals surface area (Å²) in [5, 5.41) is 0.941. The number of hydrogen-bond donors (Lipinski definition) is 1. The highest BCUT2D eigenvalue weighted by Crippen LogP contribution is 2.29. The van der Waals surface area contributed by atoms with E-state index in [1.807, 2.05) is 18.2 Å². The summed E-state index contributed by atoms with van der Waals surface area (Å²) in [7, 11) is 0. The van der Waals surface area contributed by atoms with E-state index in [0.29, 0.717) is 17.0 Å². The van der Waals surface area contributed by atoms with Crippen LogP contribution in [0.15, 0.2) is 24.3 Å². The van der Waals surface area contributed by atoms with Crippen molar-refractivity contribution in [2.75, 3.05) is 31.1 Å². The van der Waals surface area contributed by atoms with Gasteiger partial charge < -0.3 is 15.5 Å². The molecule has 7 heteroatoms. The fourth-order valence-electron chi connectivity index (χ4n) is 4.05. The Hall–Kier alpha value is -1.99. The Kier molecular flexibility index (Phi) is 5.17. The van der Waals surface area contributed by atoms with Crippen molar-refractivity contribution >= 4 is 22.6 Å². The lowest BCUT2D eigenvalue weighted by atomic mass is 10.0. The zero-order valence-corrected chi connectivity index (χ0v) is 15.7. The van der Waals surface area contributed by atoms with E-state index in [-0.39, 0.29) is 0 Å². The van der Waals surface area contributed by atoms with E-state index in [1.54, 1.807) is 6.07 Å². The predicted molar refractivity (Wildman–Crippen MR) is 105 cm³/mol. The number of primary amides is 1. The fourth-order valence-corrected chi connectivity index (χ4v) is 4.78. The Labute approximate surface area is 158 Å². The van der Waals surface area contributed by atoms with Gasteiger partial charge >= 0.3 is 0 Å². The largest absolute Gasteiger partial charge is 0.366 e. The fraction of sp³-hybridized carbons (Fsp3) is 0.526. The summed E-state index contributed by atoms with van der Waals surface area (Å²) in [5.41, 5.74) is 6.67. The topological polar surface area (TPSA) is 75.4 Å². The van der Waals surface area contributed by atoms with Crippen LogP contribution in [0, 0.1) is 0 Å². The standard InChI is InChI=1S/C19H25N5OS/c20-17(25)15-6-2-3-7-16(15)18-21-19(26-22-18)24-12-8-14(9-13-24)23-10-4-1-5-11-23/h2-3,6-7,14H,1,4-5,8-13H2,(H2,20,25). The van der Waals surface area contributed by atoms with Crippen LogP contribution in [-0.4, -0.2) is 52.4 Å². The Balaban J connectivity index is 1.44. The van der Waals surface area contributed by atoms with Gasteiger partial charge in [-0.05, 0) is 44.8 Å². The average Bonchev–Trinajstić information content (AvgIpc) is 3.19. The van der Waals surface area contributed by atoms with E-state index in [4.69, 9.17) is 10.7 Å². The summed E-state index contributed by atoms with van der Waals surface area (Å²) in [6.07, 6.45) is 6.45. The molecule has 3 heterocycles. The number of nitrogens with two attached hydrogens (primary N) is 1. The van der Waals surface area contributed by atoms with Gasteiger partial charge in [-0.2, -0.15) is 9.36 Å². The van der Waals surface area contributed by atoms with Crippen LogP contribution in [-0.2, 0) is 0 Å². The minimum Gasteiger partial charge on any atom is -0.366 e. The van der Waals surface area contributed by atoms with Crippen molar-refractivity contribution in [3.05, 3.63) is 29.8 Å². The van der Waals surface area contributed by atoms with E-state index in [1.165, 1.54) is 56.7 Å². The maximum atomic E-state index is 11.6. The van der Waals surface area contributed by atoms with E-state index in [9.17, 15) is 4.79 Å². The first-order chi connectivity index (χ1) is 12.7. The molecule has 1 amide bonds. The van der Waals surface area contributed by atoms with Crippen molar-refractivity contribution in [1.82, 2.24) is 14.3 Å². The second-order valence-corrected chi connectivity index (χ2v) is 7.86. The normalized spacial score (nSPS) is 19.6. The first kappa shape index (κ1) is 17.4. The minimum atomic E-state index is -0.445. The molecule has 2 N–H and O–H groups in total. The lowest BCUT2D eigenvalue weighted by Gasteiger charge is -2.40. The molecule has 0 saturated carbocycles. The summed E-state index contributed by atoms with van der Waals surface area (Å²) >= 11 is 1.41. The molecular formula is C19H25N5OS. The van der Waals surface area contributed by atoms with Gasteiger partial charge in [-0.1, -0.05) is 24.6 Å². The number of carbonyl (C=O) groups is 1. The van der Waals surface area contributed by atoms with Gasteiger partial charge in [0, 0.05) is 36.2 Å². The summed E-state index contributed by atoms with van der Waals surface area (Å²) in [5.74, 6) is 0.150. The number of aromatic nitrogens is 2. The molecule has 0 unspecified atom stereocenters. The molecule has 4 rings (SSSR count). The highest BCUT2D eigenvalue weighted by atomic mass is 32.1. The van der Waals surface area contributed by atoms with Crippen molar-refractivity contribution in [1.29, 1.82) is 0 Å². The first-order valence-corrected chi connectivity index (χ1v) is 10.2. The van der Waals surface area contributed by atoms with Crippen LogP contribution in [0.4, 0.5) is 5.13 Å². The number of anilines is 1. The van der Waals surface area contributed by atoms with E-state index >= 15 is 0 Å². The van der Waals surface area contributed by atoms with E-state index in [2.05, 4.69) is 14.2 Å². The number of likely N-dealkylation sites (tertiary alicyclic amines) is 1. The third-order valence-corrected chi connectivity index (χ3v) is 6.27. The number of rotatable bonds is 4. The van der Waals surface area contributed by atoms with Gasteiger partial charge in [0.2, 0.25) is 11.0 Å². The maximum Gasteiger partial charge on any atom is 0.249 e. The summed E-state index contributed by atoms with van der Waals surface area (Å²) in [6, 6.07) is 7.99.